The molecule has 0 fully saturated rings. The summed E-state index contributed by atoms with van der Waals surface area (Å²) in [6.07, 6.45) is 53.8. The Kier molecular flexibility index (Phi) is 42.9. The molecule has 3 N–H and O–H groups in total. The van der Waals surface area contributed by atoms with E-state index >= 15 is 0 Å². The van der Waals surface area contributed by atoms with Crippen LogP contribution in [-0.2, 0) is 27.9 Å². The Morgan fingerprint density at radius 3 is 1.50 bits per heavy atom. The molecule has 2 atom stereocenters. The normalized spacial score (nSPS) is 14.0. The Balaban J connectivity index is 4.02. The van der Waals surface area contributed by atoms with Crippen molar-refractivity contribution in [1.82, 2.24) is 0 Å². The fourth-order valence-corrected chi connectivity index (χ4v) is 6.87. The number of phosphoric ester groups is 1. The number of rotatable bonds is 43. The molecule has 0 saturated heterocycles. The molecule has 0 saturated carbocycles. The van der Waals surface area contributed by atoms with Crippen LogP contribution >= 0.6 is 7.82 Å². The molecule has 0 aromatic heterocycles. The highest BCUT2D eigenvalue weighted by Gasteiger charge is 2.25. The molecule has 0 radical (unpaired) electrons. The van der Waals surface area contributed by atoms with Gasteiger partial charge in [0.15, 0.2) is 0 Å². The maximum absolute atomic E-state index is 12.6. The van der Waals surface area contributed by atoms with E-state index < -0.39 is 13.9 Å². The molecule has 0 bridgehead atoms. The number of allylic oxidation sites excluding steroid dienone is 10. The summed E-state index contributed by atoms with van der Waals surface area (Å²) in [5, 5.41) is 0. The first kappa shape index (κ1) is 54.2. The van der Waals surface area contributed by atoms with E-state index in [0.717, 1.165) is 64.2 Å². The summed E-state index contributed by atoms with van der Waals surface area (Å²) < 4.78 is 33.5. The summed E-state index contributed by atoms with van der Waals surface area (Å²) in [5.74, 6) is -0.339. The van der Waals surface area contributed by atoms with Gasteiger partial charge in [-0.1, -0.05) is 171 Å². The first-order valence-corrected chi connectivity index (χ1v) is 24.3. The summed E-state index contributed by atoms with van der Waals surface area (Å²) in [7, 11) is -4.28. The number of carbonyl (C=O) groups excluding carboxylic acids is 1. The van der Waals surface area contributed by atoms with Crippen molar-refractivity contribution in [3.8, 4) is 0 Å². The number of phosphoric acid groups is 1. The Bertz CT molecular complexity index is 1040. The van der Waals surface area contributed by atoms with Crippen molar-refractivity contribution in [2.24, 2.45) is 5.73 Å². The van der Waals surface area contributed by atoms with Crippen LogP contribution in [0.5, 0.6) is 0 Å². The van der Waals surface area contributed by atoms with E-state index in [0.29, 0.717) is 13.0 Å². The van der Waals surface area contributed by atoms with Crippen molar-refractivity contribution in [3.63, 3.8) is 0 Å². The zero-order chi connectivity index (χ0) is 40.9. The van der Waals surface area contributed by atoms with E-state index in [4.69, 9.17) is 24.3 Å². The van der Waals surface area contributed by atoms with E-state index in [9.17, 15) is 14.3 Å². The third-order valence-electron chi connectivity index (χ3n) is 9.42. The number of esters is 1. The minimum Gasteiger partial charge on any atom is -0.457 e. The molecule has 0 rings (SSSR count). The quantitative estimate of drug-likeness (QED) is 0.0271. The Morgan fingerprint density at radius 2 is 1.00 bits per heavy atom. The highest BCUT2D eigenvalue weighted by molar-refractivity contribution is 7.47. The van der Waals surface area contributed by atoms with Crippen LogP contribution in [0.2, 0.25) is 0 Å². The predicted octanol–water partition coefficient (Wildman–Crippen LogP) is 13.8. The van der Waals surface area contributed by atoms with E-state index in [1.54, 1.807) is 0 Å². The summed E-state index contributed by atoms with van der Waals surface area (Å²) >= 11 is 0. The van der Waals surface area contributed by atoms with Gasteiger partial charge in [0.25, 0.3) is 0 Å². The first-order chi connectivity index (χ1) is 27.4. The second kappa shape index (κ2) is 44.3. The number of nitrogens with two attached hydrogens (primary N) is 1. The standard InChI is InChI=1S/C47H86NO7P/c1-3-5-7-9-11-13-15-17-19-21-23-24-26-28-30-32-34-36-38-40-47(49)55-46(45-54-56(50,51)53-43-41-48)44-52-42-39-37-35-33-31-29-27-25-22-20-18-16-14-12-10-8-6-4-2/h6,8,11-14,17-20,46H,3-5,7,9-10,15-16,21-45,48H2,1-2H3,(H,50,51)/b8-6-,13-11-,14-12-,19-17-,20-18-. The summed E-state index contributed by atoms with van der Waals surface area (Å²) in [5.41, 5.74) is 5.37. The van der Waals surface area contributed by atoms with Crippen molar-refractivity contribution in [1.29, 1.82) is 0 Å². The topological polar surface area (TPSA) is 117 Å². The number of unbranched alkanes of at least 4 members (excludes halogenated alkanes) is 20. The van der Waals surface area contributed by atoms with Gasteiger partial charge < -0.3 is 20.1 Å². The maximum atomic E-state index is 12.6. The molecule has 2 unspecified atom stereocenters. The Hall–Kier alpha value is -1.80. The fourth-order valence-electron chi connectivity index (χ4n) is 6.10. The van der Waals surface area contributed by atoms with Crippen molar-refractivity contribution in [3.05, 3.63) is 60.8 Å². The van der Waals surface area contributed by atoms with Gasteiger partial charge in [-0.15, -0.1) is 0 Å². The summed E-state index contributed by atoms with van der Waals surface area (Å²) in [4.78, 5) is 22.5. The van der Waals surface area contributed by atoms with Gasteiger partial charge in [-0.3, -0.25) is 13.8 Å². The van der Waals surface area contributed by atoms with Crippen molar-refractivity contribution in [2.75, 3.05) is 33.0 Å². The van der Waals surface area contributed by atoms with Crippen LogP contribution in [0.4, 0.5) is 0 Å². The third-order valence-corrected chi connectivity index (χ3v) is 10.4. The van der Waals surface area contributed by atoms with Crippen molar-refractivity contribution in [2.45, 2.75) is 200 Å². The minimum atomic E-state index is -4.28. The minimum absolute atomic E-state index is 0.0960. The smallest absolute Gasteiger partial charge is 0.457 e. The van der Waals surface area contributed by atoms with Crippen LogP contribution in [0.25, 0.3) is 0 Å². The van der Waals surface area contributed by atoms with Gasteiger partial charge in [-0.2, -0.15) is 0 Å². The number of hydrogen-bond donors (Lipinski definition) is 2. The lowest BCUT2D eigenvalue weighted by Crippen LogP contribution is -2.28. The maximum Gasteiger partial charge on any atom is 0.472 e. The van der Waals surface area contributed by atoms with Crippen LogP contribution in [-0.4, -0.2) is 49.9 Å². The fraction of sp³-hybridized carbons (Fsp3) is 0.766. The SMILES string of the molecule is CC/C=C\C/C=C\C/C=C\CCCCCCCCCCOCC(COP(=O)(O)OCCN)OC(=O)CCCCCCCCCCC/C=C\C/C=C\CCCCC. The molecule has 0 heterocycles. The molecule has 0 aliphatic carbocycles. The average Bonchev–Trinajstić information content (AvgIpc) is 3.19. The monoisotopic (exact) mass is 808 g/mol. The molecule has 0 spiro atoms. The largest absolute Gasteiger partial charge is 0.472 e. The Labute approximate surface area is 344 Å². The van der Waals surface area contributed by atoms with Gasteiger partial charge in [0, 0.05) is 19.6 Å². The molecule has 9 heteroatoms. The van der Waals surface area contributed by atoms with E-state index in [1.165, 1.54) is 109 Å². The second-order valence-corrected chi connectivity index (χ2v) is 16.3. The third kappa shape index (κ3) is 43.3. The average molecular weight is 808 g/mol. The van der Waals surface area contributed by atoms with E-state index in [1.807, 2.05) is 0 Å². The molecule has 0 aliphatic heterocycles. The molecular formula is C47H86NO7P. The second-order valence-electron chi connectivity index (χ2n) is 14.9. The van der Waals surface area contributed by atoms with Crippen LogP contribution in [0.3, 0.4) is 0 Å². The van der Waals surface area contributed by atoms with Crippen molar-refractivity contribution >= 4 is 13.8 Å². The number of ether oxygens (including phenoxy) is 2. The van der Waals surface area contributed by atoms with Crippen LogP contribution in [0.15, 0.2) is 60.8 Å². The van der Waals surface area contributed by atoms with E-state index in [2.05, 4.69) is 74.6 Å². The van der Waals surface area contributed by atoms with Crippen molar-refractivity contribution < 1.29 is 32.8 Å². The molecule has 0 aromatic rings. The Morgan fingerprint density at radius 1 is 0.554 bits per heavy atom. The predicted molar refractivity (Wildman–Crippen MR) is 238 cm³/mol. The van der Waals surface area contributed by atoms with Crippen LogP contribution < -0.4 is 5.73 Å². The molecular weight excluding hydrogens is 721 g/mol. The van der Waals surface area contributed by atoms with Gasteiger partial charge in [-0.05, 0) is 77.0 Å². The lowest BCUT2D eigenvalue weighted by Gasteiger charge is -2.20. The van der Waals surface area contributed by atoms with Gasteiger partial charge in [-0.25, -0.2) is 4.57 Å². The number of hydrogen-bond acceptors (Lipinski definition) is 7. The first-order valence-electron chi connectivity index (χ1n) is 22.8. The highest BCUT2D eigenvalue weighted by atomic mass is 31.2. The molecule has 8 nitrogen and oxygen atoms in total. The zero-order valence-electron chi connectivity index (χ0n) is 36.1. The summed E-state index contributed by atoms with van der Waals surface area (Å²) in [6, 6.07) is 0. The van der Waals surface area contributed by atoms with E-state index in [-0.39, 0.29) is 32.3 Å². The van der Waals surface area contributed by atoms with Gasteiger partial charge in [0.05, 0.1) is 19.8 Å². The summed E-state index contributed by atoms with van der Waals surface area (Å²) in [6.45, 7) is 4.77. The number of carbonyl (C=O) groups is 1. The van der Waals surface area contributed by atoms with Gasteiger partial charge >= 0.3 is 13.8 Å². The molecule has 0 aromatic carbocycles. The van der Waals surface area contributed by atoms with Gasteiger partial charge in [0.2, 0.25) is 0 Å². The van der Waals surface area contributed by atoms with Gasteiger partial charge in [0.1, 0.15) is 6.10 Å². The molecule has 326 valence electrons. The van der Waals surface area contributed by atoms with Crippen LogP contribution in [0.1, 0.15) is 194 Å². The zero-order valence-corrected chi connectivity index (χ0v) is 37.0. The lowest BCUT2D eigenvalue weighted by molar-refractivity contribution is -0.154. The molecule has 0 amide bonds. The molecule has 56 heavy (non-hydrogen) atoms. The highest BCUT2D eigenvalue weighted by Crippen LogP contribution is 2.43. The lowest BCUT2D eigenvalue weighted by atomic mass is 10.1. The molecule has 0 aliphatic rings. The van der Waals surface area contributed by atoms with Crippen LogP contribution in [0, 0.1) is 0 Å².